The second-order valence-electron chi connectivity index (χ2n) is 6.05. The van der Waals surface area contributed by atoms with Gasteiger partial charge in [-0.2, -0.15) is 0 Å². The van der Waals surface area contributed by atoms with E-state index in [1.54, 1.807) is 11.3 Å². The first-order chi connectivity index (χ1) is 10.2. The molecule has 0 aromatic carbocycles. The fourth-order valence-electron chi connectivity index (χ4n) is 3.53. The van der Waals surface area contributed by atoms with Crippen LogP contribution in [0.3, 0.4) is 0 Å². The number of hydrogen-bond acceptors (Lipinski definition) is 5. The van der Waals surface area contributed by atoms with Gasteiger partial charge in [0.25, 0.3) is 0 Å². The molecule has 0 radical (unpaired) electrons. The van der Waals surface area contributed by atoms with Crippen LogP contribution in [-0.2, 0) is 4.79 Å². The van der Waals surface area contributed by atoms with Crippen molar-refractivity contribution in [3.8, 4) is 0 Å². The second-order valence-corrected chi connectivity index (χ2v) is 6.92. The standard InChI is InChI=1S/C15H24N4OS/c1-2-3-15(4-5-16-12-15)13(20)18-7-9-19(10-8-18)14-17-6-11-21-14/h6,11,16H,2-5,7-10,12H2,1H3. The van der Waals surface area contributed by atoms with Crippen LogP contribution in [0.2, 0.25) is 0 Å². The fourth-order valence-corrected chi connectivity index (χ4v) is 4.23. The lowest BCUT2D eigenvalue weighted by Crippen LogP contribution is -2.53. The summed E-state index contributed by atoms with van der Waals surface area (Å²) < 4.78 is 0. The van der Waals surface area contributed by atoms with Crippen molar-refractivity contribution in [2.45, 2.75) is 26.2 Å². The first-order valence-corrected chi connectivity index (χ1v) is 8.78. The Morgan fingerprint density at radius 1 is 1.43 bits per heavy atom. The summed E-state index contributed by atoms with van der Waals surface area (Å²) in [6.45, 7) is 7.45. The zero-order chi connectivity index (χ0) is 14.7. The molecule has 1 amide bonds. The summed E-state index contributed by atoms with van der Waals surface area (Å²) >= 11 is 1.67. The van der Waals surface area contributed by atoms with E-state index in [-0.39, 0.29) is 5.41 Å². The predicted molar refractivity (Wildman–Crippen MR) is 85.7 cm³/mol. The molecule has 2 fully saturated rings. The molecule has 3 heterocycles. The van der Waals surface area contributed by atoms with Crippen molar-refractivity contribution in [2.24, 2.45) is 5.41 Å². The Morgan fingerprint density at radius 2 is 2.24 bits per heavy atom. The molecule has 6 heteroatoms. The number of amides is 1. The summed E-state index contributed by atoms with van der Waals surface area (Å²) in [4.78, 5) is 21.7. The van der Waals surface area contributed by atoms with Gasteiger partial charge in [-0.15, -0.1) is 11.3 Å². The zero-order valence-electron chi connectivity index (χ0n) is 12.7. The molecule has 1 aromatic rings. The van der Waals surface area contributed by atoms with Crippen molar-refractivity contribution >= 4 is 22.4 Å². The maximum atomic E-state index is 13.0. The van der Waals surface area contributed by atoms with Gasteiger partial charge in [0.2, 0.25) is 5.91 Å². The van der Waals surface area contributed by atoms with Crippen LogP contribution in [0.5, 0.6) is 0 Å². The van der Waals surface area contributed by atoms with Gasteiger partial charge in [-0.3, -0.25) is 4.79 Å². The van der Waals surface area contributed by atoms with Gasteiger partial charge in [-0.25, -0.2) is 4.98 Å². The molecule has 2 saturated heterocycles. The molecular weight excluding hydrogens is 284 g/mol. The minimum absolute atomic E-state index is 0.141. The van der Waals surface area contributed by atoms with Crippen LogP contribution < -0.4 is 10.2 Å². The molecule has 0 spiro atoms. The maximum absolute atomic E-state index is 13.0. The molecular formula is C15H24N4OS. The van der Waals surface area contributed by atoms with Crippen molar-refractivity contribution in [1.29, 1.82) is 0 Å². The highest BCUT2D eigenvalue weighted by Crippen LogP contribution is 2.34. The van der Waals surface area contributed by atoms with Crippen LogP contribution in [0.15, 0.2) is 11.6 Å². The highest BCUT2D eigenvalue weighted by molar-refractivity contribution is 7.13. The smallest absolute Gasteiger partial charge is 0.230 e. The Morgan fingerprint density at radius 3 is 2.81 bits per heavy atom. The third-order valence-electron chi connectivity index (χ3n) is 4.68. The summed E-state index contributed by atoms with van der Waals surface area (Å²) in [6.07, 6.45) is 4.92. The lowest BCUT2D eigenvalue weighted by Gasteiger charge is -2.39. The molecule has 5 nitrogen and oxygen atoms in total. The summed E-state index contributed by atoms with van der Waals surface area (Å²) in [5.74, 6) is 0.369. The number of aromatic nitrogens is 1. The zero-order valence-corrected chi connectivity index (χ0v) is 13.5. The molecule has 0 bridgehead atoms. The van der Waals surface area contributed by atoms with E-state index in [4.69, 9.17) is 0 Å². The highest BCUT2D eigenvalue weighted by Gasteiger charge is 2.43. The van der Waals surface area contributed by atoms with E-state index in [0.29, 0.717) is 5.91 Å². The van der Waals surface area contributed by atoms with Gasteiger partial charge in [-0.05, 0) is 19.4 Å². The summed E-state index contributed by atoms with van der Waals surface area (Å²) in [7, 11) is 0. The maximum Gasteiger partial charge on any atom is 0.230 e. The molecule has 1 atom stereocenters. The van der Waals surface area contributed by atoms with Crippen molar-refractivity contribution in [3.63, 3.8) is 0 Å². The minimum atomic E-state index is -0.141. The van der Waals surface area contributed by atoms with Crippen LogP contribution in [0.25, 0.3) is 0 Å². The highest BCUT2D eigenvalue weighted by atomic mass is 32.1. The average Bonchev–Trinajstić information content (AvgIpc) is 3.19. The van der Waals surface area contributed by atoms with E-state index < -0.39 is 0 Å². The molecule has 0 aliphatic carbocycles. The molecule has 21 heavy (non-hydrogen) atoms. The van der Waals surface area contributed by atoms with Crippen LogP contribution in [0.4, 0.5) is 5.13 Å². The molecule has 2 aliphatic rings. The molecule has 116 valence electrons. The number of carbonyl (C=O) groups is 1. The van der Waals surface area contributed by atoms with Gasteiger partial charge in [0.15, 0.2) is 5.13 Å². The third-order valence-corrected chi connectivity index (χ3v) is 5.51. The Labute approximate surface area is 130 Å². The van der Waals surface area contributed by atoms with Crippen molar-refractivity contribution < 1.29 is 4.79 Å². The predicted octanol–water partition coefficient (Wildman–Crippen LogP) is 1.57. The number of anilines is 1. The van der Waals surface area contributed by atoms with E-state index >= 15 is 0 Å². The lowest BCUT2D eigenvalue weighted by atomic mass is 9.81. The van der Waals surface area contributed by atoms with E-state index in [0.717, 1.165) is 63.7 Å². The van der Waals surface area contributed by atoms with Gasteiger partial charge >= 0.3 is 0 Å². The van der Waals surface area contributed by atoms with E-state index in [2.05, 4.69) is 27.0 Å². The van der Waals surface area contributed by atoms with Crippen molar-refractivity contribution in [1.82, 2.24) is 15.2 Å². The number of nitrogens with zero attached hydrogens (tertiary/aromatic N) is 3. The van der Waals surface area contributed by atoms with Gasteiger partial charge in [0.05, 0.1) is 5.41 Å². The van der Waals surface area contributed by atoms with Crippen LogP contribution in [0, 0.1) is 5.41 Å². The number of piperazine rings is 1. The molecule has 1 N–H and O–H groups in total. The first kappa shape index (κ1) is 14.8. The number of rotatable bonds is 4. The van der Waals surface area contributed by atoms with Crippen LogP contribution >= 0.6 is 11.3 Å². The average molecular weight is 308 g/mol. The minimum Gasteiger partial charge on any atom is -0.345 e. The Balaban J connectivity index is 1.62. The normalized spacial score (nSPS) is 26.3. The largest absolute Gasteiger partial charge is 0.345 e. The van der Waals surface area contributed by atoms with Gasteiger partial charge in [0.1, 0.15) is 0 Å². The van der Waals surface area contributed by atoms with Gasteiger partial charge < -0.3 is 15.1 Å². The topological polar surface area (TPSA) is 48.5 Å². The van der Waals surface area contributed by atoms with Gasteiger partial charge in [-0.1, -0.05) is 13.3 Å². The van der Waals surface area contributed by atoms with Crippen LogP contribution in [-0.4, -0.2) is 55.1 Å². The van der Waals surface area contributed by atoms with E-state index in [9.17, 15) is 4.79 Å². The van der Waals surface area contributed by atoms with Crippen LogP contribution in [0.1, 0.15) is 26.2 Å². The Bertz CT molecular complexity index is 462. The summed E-state index contributed by atoms with van der Waals surface area (Å²) in [6, 6.07) is 0. The molecule has 1 aromatic heterocycles. The molecule has 2 aliphatic heterocycles. The fraction of sp³-hybridized carbons (Fsp3) is 0.733. The van der Waals surface area contributed by atoms with E-state index in [1.165, 1.54) is 0 Å². The Kier molecular flexibility index (Phi) is 4.45. The number of hydrogen-bond donors (Lipinski definition) is 1. The molecule has 0 saturated carbocycles. The number of nitrogens with one attached hydrogen (secondary N) is 1. The third kappa shape index (κ3) is 2.92. The SMILES string of the molecule is CCCC1(C(=O)N2CCN(c3nccs3)CC2)CCNC1. The first-order valence-electron chi connectivity index (χ1n) is 7.90. The van der Waals surface area contributed by atoms with Gasteiger partial charge in [0, 0.05) is 44.3 Å². The van der Waals surface area contributed by atoms with E-state index in [1.807, 2.05) is 11.6 Å². The molecule has 3 rings (SSSR count). The molecule has 1 unspecified atom stereocenters. The van der Waals surface area contributed by atoms with Crippen molar-refractivity contribution in [2.75, 3.05) is 44.2 Å². The number of carbonyl (C=O) groups excluding carboxylic acids is 1. The Hall–Kier alpha value is -1.14. The second kappa shape index (κ2) is 6.32. The quantitative estimate of drug-likeness (QED) is 0.917. The summed E-state index contributed by atoms with van der Waals surface area (Å²) in [5.41, 5.74) is -0.141. The number of thiazole rings is 1. The lowest BCUT2D eigenvalue weighted by molar-refractivity contribution is -0.142. The monoisotopic (exact) mass is 308 g/mol. The summed E-state index contributed by atoms with van der Waals surface area (Å²) in [5, 5.41) is 6.47. The van der Waals surface area contributed by atoms with Crippen molar-refractivity contribution in [3.05, 3.63) is 11.6 Å².